The quantitative estimate of drug-likeness (QED) is 0.344. The largest absolute Gasteiger partial charge is 0.486 e. The summed E-state index contributed by atoms with van der Waals surface area (Å²) in [5.41, 5.74) is -0.0687. The van der Waals surface area contributed by atoms with Crippen LogP contribution in [0, 0.1) is 11.6 Å². The van der Waals surface area contributed by atoms with Crippen LogP contribution in [0.4, 0.5) is 25.1 Å². The molecule has 1 atom stereocenters. The molecule has 2 aromatic carbocycles. The number of nitrogens with zero attached hydrogens (tertiary/aromatic N) is 3. The first kappa shape index (κ1) is 28.1. The van der Waals surface area contributed by atoms with Gasteiger partial charge in [-0.15, -0.1) is 0 Å². The van der Waals surface area contributed by atoms with Gasteiger partial charge < -0.3 is 29.2 Å². The fourth-order valence-electron chi connectivity index (χ4n) is 4.55. The standard InChI is InChI=1S/C28H31ClF2N4O5/c1-28(2,3)40-27(36)35-9-6-16(7-10-35)38-22-12-18-21(13-23(22)39-17-8-11-37-14-17)32-15-33-26(18)34-20-5-4-19(30)24(29)25(20)31/h4-5,12-13,15-17H,6-11,14H2,1-3H3,(H,32,33,34)/t17-/m0/s1. The second-order valence-electron chi connectivity index (χ2n) is 10.8. The molecule has 0 aliphatic carbocycles. The summed E-state index contributed by atoms with van der Waals surface area (Å²) in [4.78, 5) is 22.8. The molecule has 2 fully saturated rings. The molecule has 0 bridgehead atoms. The Labute approximate surface area is 235 Å². The zero-order valence-corrected chi connectivity index (χ0v) is 23.3. The molecule has 1 aromatic heterocycles. The Hall–Kier alpha value is -3.44. The highest BCUT2D eigenvalue weighted by atomic mass is 35.5. The number of hydrogen-bond acceptors (Lipinski definition) is 8. The number of fused-ring (bicyclic) bond motifs is 1. The highest BCUT2D eigenvalue weighted by molar-refractivity contribution is 6.31. The Morgan fingerprint density at radius 3 is 2.50 bits per heavy atom. The third-order valence-electron chi connectivity index (χ3n) is 6.56. The van der Waals surface area contributed by atoms with Crippen molar-refractivity contribution in [2.75, 3.05) is 31.6 Å². The lowest BCUT2D eigenvalue weighted by molar-refractivity contribution is 0.0122. The van der Waals surface area contributed by atoms with Gasteiger partial charge in [-0.2, -0.15) is 0 Å². The van der Waals surface area contributed by atoms with Crippen molar-refractivity contribution in [1.29, 1.82) is 0 Å². The second-order valence-corrected chi connectivity index (χ2v) is 11.2. The van der Waals surface area contributed by atoms with Crippen LogP contribution in [-0.2, 0) is 9.47 Å². The molecule has 3 heterocycles. The number of benzene rings is 2. The number of likely N-dealkylation sites (tertiary alicyclic amines) is 1. The molecule has 1 N–H and O–H groups in total. The fourth-order valence-corrected chi connectivity index (χ4v) is 4.71. The van der Waals surface area contributed by atoms with Crippen molar-refractivity contribution < 1.29 is 32.5 Å². The minimum Gasteiger partial charge on any atom is -0.486 e. The van der Waals surface area contributed by atoms with Crippen LogP contribution in [0.3, 0.4) is 0 Å². The number of carbonyl (C=O) groups excluding carboxylic acids is 1. The normalized spacial score (nSPS) is 18.1. The smallest absolute Gasteiger partial charge is 0.410 e. The second kappa shape index (κ2) is 11.6. The molecule has 2 aliphatic rings. The Bertz CT molecular complexity index is 1390. The maximum Gasteiger partial charge on any atom is 0.410 e. The predicted octanol–water partition coefficient (Wildman–Crippen LogP) is 6.25. The van der Waals surface area contributed by atoms with Crippen LogP contribution in [-0.4, -0.2) is 65.1 Å². The predicted molar refractivity (Wildman–Crippen MR) is 145 cm³/mol. The molecule has 2 aliphatic heterocycles. The molecule has 0 unspecified atom stereocenters. The van der Waals surface area contributed by atoms with Crippen molar-refractivity contribution in [2.45, 2.75) is 57.8 Å². The van der Waals surface area contributed by atoms with E-state index < -0.39 is 22.3 Å². The van der Waals surface area contributed by atoms with Crippen molar-refractivity contribution in [2.24, 2.45) is 0 Å². The number of hydrogen-bond donors (Lipinski definition) is 1. The number of aromatic nitrogens is 2. The van der Waals surface area contributed by atoms with Crippen LogP contribution >= 0.6 is 11.6 Å². The summed E-state index contributed by atoms with van der Waals surface area (Å²) in [7, 11) is 0. The van der Waals surface area contributed by atoms with Crippen LogP contribution in [0.1, 0.15) is 40.0 Å². The molecule has 40 heavy (non-hydrogen) atoms. The van der Waals surface area contributed by atoms with E-state index >= 15 is 0 Å². The van der Waals surface area contributed by atoms with Crippen LogP contribution in [0.15, 0.2) is 30.6 Å². The Morgan fingerprint density at radius 2 is 1.80 bits per heavy atom. The maximum absolute atomic E-state index is 14.6. The van der Waals surface area contributed by atoms with Crippen LogP contribution in [0.25, 0.3) is 10.9 Å². The summed E-state index contributed by atoms with van der Waals surface area (Å²) in [6, 6.07) is 5.81. The molecule has 214 valence electrons. The summed E-state index contributed by atoms with van der Waals surface area (Å²) >= 11 is 5.76. The van der Waals surface area contributed by atoms with E-state index in [0.717, 1.165) is 12.5 Å². The summed E-state index contributed by atoms with van der Waals surface area (Å²) in [6.45, 7) is 7.56. The van der Waals surface area contributed by atoms with E-state index in [1.807, 2.05) is 20.8 Å². The van der Waals surface area contributed by atoms with E-state index in [-0.39, 0.29) is 29.8 Å². The Morgan fingerprint density at radius 1 is 1.07 bits per heavy atom. The third-order valence-corrected chi connectivity index (χ3v) is 6.90. The van der Waals surface area contributed by atoms with E-state index in [1.165, 1.54) is 12.4 Å². The van der Waals surface area contributed by atoms with E-state index in [1.54, 1.807) is 17.0 Å². The van der Waals surface area contributed by atoms with Gasteiger partial charge in [-0.25, -0.2) is 23.5 Å². The summed E-state index contributed by atoms with van der Waals surface area (Å²) < 4.78 is 51.9. The van der Waals surface area contributed by atoms with Gasteiger partial charge in [0.25, 0.3) is 0 Å². The minimum atomic E-state index is -0.928. The van der Waals surface area contributed by atoms with Crippen LogP contribution in [0.2, 0.25) is 5.02 Å². The average molecular weight is 577 g/mol. The molecular weight excluding hydrogens is 546 g/mol. The zero-order chi connectivity index (χ0) is 28.4. The molecule has 12 heteroatoms. The third kappa shape index (κ3) is 6.47. The van der Waals surface area contributed by atoms with Gasteiger partial charge in [0.2, 0.25) is 0 Å². The number of rotatable bonds is 6. The van der Waals surface area contributed by atoms with Crippen molar-refractivity contribution in [3.05, 3.63) is 47.2 Å². The number of nitrogens with one attached hydrogen (secondary N) is 1. The van der Waals surface area contributed by atoms with Gasteiger partial charge in [0.1, 0.15) is 40.8 Å². The Kier molecular flexibility index (Phi) is 8.14. The minimum absolute atomic E-state index is 0.0354. The van der Waals surface area contributed by atoms with Gasteiger partial charge in [-0.3, -0.25) is 0 Å². The molecule has 5 rings (SSSR count). The summed E-state index contributed by atoms with van der Waals surface area (Å²) in [5.74, 6) is -0.540. The summed E-state index contributed by atoms with van der Waals surface area (Å²) in [5, 5.41) is 2.82. The molecule has 1 amide bonds. The molecule has 3 aromatic rings. The highest BCUT2D eigenvalue weighted by Gasteiger charge is 2.29. The van der Waals surface area contributed by atoms with E-state index in [4.69, 9.17) is 30.5 Å². The van der Waals surface area contributed by atoms with Crippen molar-refractivity contribution >= 4 is 40.1 Å². The van der Waals surface area contributed by atoms with Gasteiger partial charge in [0, 0.05) is 43.8 Å². The average Bonchev–Trinajstić information content (AvgIpc) is 3.42. The van der Waals surface area contributed by atoms with E-state index in [9.17, 15) is 13.6 Å². The molecule has 9 nitrogen and oxygen atoms in total. The lowest BCUT2D eigenvalue weighted by Gasteiger charge is -2.33. The van der Waals surface area contributed by atoms with Gasteiger partial charge in [0.15, 0.2) is 17.3 Å². The van der Waals surface area contributed by atoms with Gasteiger partial charge in [-0.05, 0) is 39.0 Å². The van der Waals surface area contributed by atoms with Crippen LogP contribution in [0.5, 0.6) is 11.5 Å². The van der Waals surface area contributed by atoms with Crippen LogP contribution < -0.4 is 14.8 Å². The monoisotopic (exact) mass is 576 g/mol. The first-order valence-electron chi connectivity index (χ1n) is 13.2. The lowest BCUT2D eigenvalue weighted by atomic mass is 10.1. The molecule has 0 spiro atoms. The maximum atomic E-state index is 14.6. The lowest BCUT2D eigenvalue weighted by Crippen LogP contribution is -2.44. The fraction of sp³-hybridized carbons (Fsp3) is 0.464. The number of amides is 1. The first-order chi connectivity index (χ1) is 19.1. The first-order valence-corrected chi connectivity index (χ1v) is 13.5. The van der Waals surface area contributed by atoms with Gasteiger partial charge >= 0.3 is 6.09 Å². The molecule has 2 saturated heterocycles. The number of ether oxygens (including phenoxy) is 4. The highest BCUT2D eigenvalue weighted by Crippen LogP contribution is 2.38. The Balaban J connectivity index is 1.41. The van der Waals surface area contributed by atoms with Gasteiger partial charge in [-0.1, -0.05) is 11.6 Å². The number of piperidine rings is 1. The SMILES string of the molecule is CC(C)(C)OC(=O)N1CCC(Oc2cc3c(Nc4ccc(F)c(Cl)c4F)ncnc3cc2O[C@H]2CCOC2)CC1. The molecule has 0 radical (unpaired) electrons. The number of anilines is 2. The number of halogens is 3. The summed E-state index contributed by atoms with van der Waals surface area (Å²) in [6.07, 6.45) is 2.60. The van der Waals surface area contributed by atoms with E-state index in [0.29, 0.717) is 61.5 Å². The van der Waals surface area contributed by atoms with Crippen molar-refractivity contribution in [1.82, 2.24) is 14.9 Å². The van der Waals surface area contributed by atoms with Crippen molar-refractivity contribution in [3.63, 3.8) is 0 Å². The van der Waals surface area contributed by atoms with Crippen molar-refractivity contribution in [3.8, 4) is 11.5 Å². The van der Waals surface area contributed by atoms with Gasteiger partial charge in [0.05, 0.1) is 24.4 Å². The number of carbonyl (C=O) groups is 1. The van der Waals surface area contributed by atoms with E-state index in [2.05, 4.69) is 15.3 Å². The molecular formula is C28H31ClF2N4O5. The zero-order valence-electron chi connectivity index (χ0n) is 22.5. The molecule has 0 saturated carbocycles. The topological polar surface area (TPSA) is 95.0 Å².